The minimum absolute atomic E-state index is 0.139. The average Bonchev–Trinajstić information content (AvgIpc) is 2.81. The normalized spacial score (nSPS) is 13.3. The Kier molecular flexibility index (Phi) is 5.13. The Morgan fingerprint density at radius 1 is 0.818 bits per heavy atom. The summed E-state index contributed by atoms with van der Waals surface area (Å²) in [6.45, 7) is 3.59. The summed E-state index contributed by atoms with van der Waals surface area (Å²) in [7, 11) is -2.52. The molecule has 6 nitrogen and oxygen atoms in total. The third kappa shape index (κ3) is 3.85. The van der Waals surface area contributed by atoms with Crippen LogP contribution in [0.2, 0.25) is 0 Å². The van der Waals surface area contributed by atoms with Crippen LogP contribution in [-0.2, 0) is 10.1 Å². The van der Waals surface area contributed by atoms with Gasteiger partial charge in [0.2, 0.25) is 0 Å². The van der Waals surface area contributed by atoms with Crippen molar-refractivity contribution < 1.29 is 17.3 Å². The summed E-state index contributed by atoms with van der Waals surface area (Å²) in [4.78, 5) is 0.147. The molecule has 0 unspecified atom stereocenters. The third-order valence-electron chi connectivity index (χ3n) is 5.84. The van der Waals surface area contributed by atoms with E-state index in [0.29, 0.717) is 11.3 Å². The second-order valence-corrected chi connectivity index (χ2v) is 9.66. The maximum absolute atomic E-state index is 13.0. The van der Waals surface area contributed by atoms with E-state index in [0.717, 1.165) is 33.3 Å². The van der Waals surface area contributed by atoms with E-state index in [1.54, 1.807) is 31.2 Å². The van der Waals surface area contributed by atoms with Gasteiger partial charge in [0, 0.05) is 16.8 Å². The van der Waals surface area contributed by atoms with Gasteiger partial charge < -0.3 is 19.6 Å². The molecule has 0 spiro atoms. The van der Waals surface area contributed by atoms with Crippen LogP contribution in [0.5, 0.6) is 11.5 Å². The number of benzene rings is 4. The van der Waals surface area contributed by atoms with E-state index in [1.807, 2.05) is 43.3 Å². The lowest BCUT2D eigenvalue weighted by Gasteiger charge is -2.30. The van der Waals surface area contributed by atoms with Crippen LogP contribution in [0.1, 0.15) is 22.9 Å². The molecule has 0 radical (unpaired) electrons. The molecule has 1 aliphatic heterocycles. The molecule has 0 atom stereocenters. The Morgan fingerprint density at radius 2 is 1.52 bits per heavy atom. The predicted octanol–water partition coefficient (Wildman–Crippen LogP) is 5.77. The highest BCUT2D eigenvalue weighted by atomic mass is 32.2. The van der Waals surface area contributed by atoms with E-state index in [1.165, 1.54) is 7.11 Å². The second kappa shape index (κ2) is 8.01. The summed E-state index contributed by atoms with van der Waals surface area (Å²) in [6, 6.07) is 22.8. The van der Waals surface area contributed by atoms with Crippen LogP contribution < -0.4 is 19.6 Å². The zero-order chi connectivity index (χ0) is 23.2. The van der Waals surface area contributed by atoms with Gasteiger partial charge in [0.1, 0.15) is 11.1 Å². The summed E-state index contributed by atoms with van der Waals surface area (Å²) in [5, 5.41) is 9.32. The Labute approximate surface area is 193 Å². The first kappa shape index (κ1) is 21.2. The van der Waals surface area contributed by atoms with Crippen molar-refractivity contribution in [2.75, 3.05) is 17.7 Å². The number of aryl methyl sites for hydroxylation is 2. The summed E-state index contributed by atoms with van der Waals surface area (Å²) in [6.07, 6.45) is -0.218. The van der Waals surface area contributed by atoms with E-state index >= 15 is 0 Å². The van der Waals surface area contributed by atoms with Gasteiger partial charge in [-0.05, 0) is 66.3 Å². The SMILES string of the molecule is COc1cc(C2Nc3cccc4cccc(c34)N2)ccc1OS(=O)(=O)c1cc(C)ccc1C. The quantitative estimate of drug-likeness (QED) is 0.368. The van der Waals surface area contributed by atoms with Crippen molar-refractivity contribution in [3.05, 3.63) is 89.5 Å². The fourth-order valence-electron chi connectivity index (χ4n) is 4.17. The number of rotatable bonds is 5. The van der Waals surface area contributed by atoms with Crippen molar-refractivity contribution in [1.29, 1.82) is 0 Å². The molecule has 0 aromatic heterocycles. The number of nitrogens with one attached hydrogen (secondary N) is 2. The molecule has 0 amide bonds. The summed E-state index contributed by atoms with van der Waals surface area (Å²) < 4.78 is 36.9. The zero-order valence-electron chi connectivity index (χ0n) is 18.5. The topological polar surface area (TPSA) is 76.7 Å². The van der Waals surface area contributed by atoms with Gasteiger partial charge in [-0.2, -0.15) is 8.42 Å². The fraction of sp³-hybridized carbons (Fsp3) is 0.154. The third-order valence-corrected chi connectivity index (χ3v) is 7.22. The van der Waals surface area contributed by atoms with Gasteiger partial charge in [0.05, 0.1) is 7.11 Å². The summed E-state index contributed by atoms with van der Waals surface area (Å²) in [5.41, 5.74) is 4.41. The Hall–Kier alpha value is -3.71. The van der Waals surface area contributed by atoms with Gasteiger partial charge in [0.15, 0.2) is 11.5 Å². The standard InChI is InChI=1S/C26H24N2O4S/c1-16-10-11-17(2)24(14-16)33(29,30)32-22-13-12-19(15-23(22)31-3)26-27-20-8-4-6-18-7-5-9-21(28-26)25(18)20/h4-15,26-28H,1-3H3. The molecule has 33 heavy (non-hydrogen) atoms. The smallest absolute Gasteiger partial charge is 0.339 e. The minimum Gasteiger partial charge on any atom is -0.493 e. The molecule has 4 aromatic rings. The molecule has 7 heteroatoms. The number of methoxy groups -OCH3 is 1. The minimum atomic E-state index is -4.01. The first-order valence-electron chi connectivity index (χ1n) is 10.6. The van der Waals surface area contributed by atoms with Crippen LogP contribution >= 0.6 is 0 Å². The molecular weight excluding hydrogens is 436 g/mol. The van der Waals surface area contributed by atoms with Crippen LogP contribution in [0.3, 0.4) is 0 Å². The molecule has 5 rings (SSSR count). The van der Waals surface area contributed by atoms with Crippen LogP contribution in [0, 0.1) is 13.8 Å². The Bertz CT molecular complexity index is 1440. The monoisotopic (exact) mass is 460 g/mol. The van der Waals surface area contributed by atoms with Crippen molar-refractivity contribution in [2.45, 2.75) is 24.9 Å². The lowest BCUT2D eigenvalue weighted by molar-refractivity contribution is 0.390. The lowest BCUT2D eigenvalue weighted by Crippen LogP contribution is -2.23. The molecule has 0 saturated heterocycles. The van der Waals surface area contributed by atoms with Crippen LogP contribution in [0.4, 0.5) is 11.4 Å². The predicted molar refractivity (Wildman–Crippen MR) is 131 cm³/mol. The second-order valence-electron chi connectivity index (χ2n) is 8.15. The van der Waals surface area contributed by atoms with Crippen LogP contribution in [-0.4, -0.2) is 15.5 Å². The molecule has 1 heterocycles. The van der Waals surface area contributed by atoms with Crippen molar-refractivity contribution in [1.82, 2.24) is 0 Å². The van der Waals surface area contributed by atoms with Crippen molar-refractivity contribution in [3.63, 3.8) is 0 Å². The van der Waals surface area contributed by atoms with E-state index in [-0.39, 0.29) is 16.8 Å². The number of hydrogen-bond donors (Lipinski definition) is 2. The molecule has 4 aromatic carbocycles. The number of ether oxygens (including phenoxy) is 1. The van der Waals surface area contributed by atoms with Gasteiger partial charge in [0.25, 0.3) is 0 Å². The summed E-state index contributed by atoms with van der Waals surface area (Å²) >= 11 is 0. The highest BCUT2D eigenvalue weighted by Crippen LogP contribution is 2.40. The Balaban J connectivity index is 1.46. The summed E-state index contributed by atoms with van der Waals surface area (Å²) in [5.74, 6) is 0.475. The van der Waals surface area contributed by atoms with E-state index in [4.69, 9.17) is 8.92 Å². The van der Waals surface area contributed by atoms with Crippen LogP contribution in [0.25, 0.3) is 10.8 Å². The first-order chi connectivity index (χ1) is 15.9. The molecule has 168 valence electrons. The molecule has 0 bridgehead atoms. The van der Waals surface area contributed by atoms with Gasteiger partial charge >= 0.3 is 10.1 Å². The lowest BCUT2D eigenvalue weighted by atomic mass is 10.0. The molecule has 0 fully saturated rings. The molecule has 0 aliphatic carbocycles. The van der Waals surface area contributed by atoms with Crippen molar-refractivity contribution in [2.24, 2.45) is 0 Å². The fourth-order valence-corrected chi connectivity index (χ4v) is 5.42. The average molecular weight is 461 g/mol. The van der Waals surface area contributed by atoms with E-state index < -0.39 is 10.1 Å². The molecular formula is C26H24N2O4S. The highest BCUT2D eigenvalue weighted by Gasteiger charge is 2.24. The number of anilines is 2. The largest absolute Gasteiger partial charge is 0.493 e. The highest BCUT2D eigenvalue weighted by molar-refractivity contribution is 7.87. The first-order valence-corrected chi connectivity index (χ1v) is 12.0. The van der Waals surface area contributed by atoms with E-state index in [2.05, 4.69) is 22.8 Å². The van der Waals surface area contributed by atoms with Gasteiger partial charge in [-0.15, -0.1) is 0 Å². The molecule has 2 N–H and O–H groups in total. The van der Waals surface area contributed by atoms with Gasteiger partial charge in [-0.1, -0.05) is 42.5 Å². The van der Waals surface area contributed by atoms with Gasteiger partial charge in [-0.25, -0.2) is 0 Å². The van der Waals surface area contributed by atoms with Gasteiger partial charge in [-0.3, -0.25) is 0 Å². The maximum atomic E-state index is 13.0. The van der Waals surface area contributed by atoms with E-state index in [9.17, 15) is 8.42 Å². The Morgan fingerprint density at radius 3 is 2.18 bits per heavy atom. The van der Waals surface area contributed by atoms with Crippen LogP contribution in [0.15, 0.2) is 77.7 Å². The molecule has 1 aliphatic rings. The maximum Gasteiger partial charge on any atom is 0.339 e. The van der Waals surface area contributed by atoms with Crippen molar-refractivity contribution >= 4 is 32.3 Å². The molecule has 0 saturated carbocycles. The zero-order valence-corrected chi connectivity index (χ0v) is 19.4. The number of hydrogen-bond acceptors (Lipinski definition) is 6. The van der Waals surface area contributed by atoms with Crippen molar-refractivity contribution in [3.8, 4) is 11.5 Å².